The van der Waals surface area contributed by atoms with Crippen molar-refractivity contribution in [3.05, 3.63) is 0 Å². The average molecular weight is 229 g/mol. The Morgan fingerprint density at radius 3 is 2.38 bits per heavy atom. The van der Waals surface area contributed by atoms with Gasteiger partial charge in [0.2, 0.25) is 0 Å². The lowest BCUT2D eigenvalue weighted by Crippen LogP contribution is -2.35. The van der Waals surface area contributed by atoms with E-state index in [-0.39, 0.29) is 5.92 Å². The Hall–Kier alpha value is -0.570. The molecule has 96 valence electrons. The molecule has 2 N–H and O–H groups in total. The Labute approximate surface area is 99.6 Å². The third-order valence-corrected chi connectivity index (χ3v) is 3.17. The number of aliphatic hydroxyl groups is 1. The minimum absolute atomic E-state index is 0.0330. The van der Waals surface area contributed by atoms with E-state index in [0.717, 1.165) is 25.7 Å². The van der Waals surface area contributed by atoms with E-state index in [2.05, 4.69) is 19.0 Å². The van der Waals surface area contributed by atoms with Gasteiger partial charge in [0.25, 0.3) is 0 Å². The van der Waals surface area contributed by atoms with Crippen LogP contribution in [0.25, 0.3) is 0 Å². The van der Waals surface area contributed by atoms with Crippen LogP contribution >= 0.6 is 0 Å². The molecule has 0 aliphatic heterocycles. The summed E-state index contributed by atoms with van der Waals surface area (Å²) in [7, 11) is 0. The van der Waals surface area contributed by atoms with Crippen molar-refractivity contribution in [3.63, 3.8) is 0 Å². The molecular formula is C13H27NO2. The molecule has 0 aromatic heterocycles. The van der Waals surface area contributed by atoms with Crippen LogP contribution in [-0.4, -0.2) is 22.1 Å². The molecule has 0 aliphatic rings. The molecule has 0 rings (SSSR count). The predicted molar refractivity (Wildman–Crippen MR) is 68.1 cm³/mol. The number of hydrogen-bond acceptors (Lipinski definition) is 3. The van der Waals surface area contributed by atoms with Gasteiger partial charge in [-0.15, -0.1) is 5.16 Å². The summed E-state index contributed by atoms with van der Waals surface area (Å²) in [5, 5.41) is 22.0. The van der Waals surface area contributed by atoms with E-state index in [1.807, 2.05) is 6.92 Å². The smallest absolute Gasteiger partial charge is 0.0698 e. The van der Waals surface area contributed by atoms with Crippen molar-refractivity contribution in [1.29, 1.82) is 0 Å². The second-order valence-corrected chi connectivity index (χ2v) is 4.83. The Kier molecular flexibility index (Phi) is 8.26. The Morgan fingerprint density at radius 1 is 1.19 bits per heavy atom. The monoisotopic (exact) mass is 229 g/mol. The second kappa shape index (κ2) is 8.57. The number of hydrogen-bond donors (Lipinski definition) is 2. The molecule has 2 unspecified atom stereocenters. The van der Waals surface area contributed by atoms with Crippen LogP contribution in [0.5, 0.6) is 0 Å². The molecule has 0 aromatic rings. The number of oxime groups is 1. The molecule has 3 nitrogen and oxygen atoms in total. The van der Waals surface area contributed by atoms with Crippen molar-refractivity contribution in [3.8, 4) is 0 Å². The number of rotatable bonds is 9. The standard InChI is InChI=1S/C13H27NO2/c1-4-6-7-8-9-12(11-14-16)13(3,15)10-5-2/h11-12,15-16H,4-10H2,1-3H3/b14-11+. The lowest BCUT2D eigenvalue weighted by molar-refractivity contribution is 0.0134. The minimum atomic E-state index is -0.743. The summed E-state index contributed by atoms with van der Waals surface area (Å²) < 4.78 is 0. The second-order valence-electron chi connectivity index (χ2n) is 4.83. The van der Waals surface area contributed by atoms with Crippen LogP contribution < -0.4 is 0 Å². The summed E-state index contributed by atoms with van der Waals surface area (Å²) >= 11 is 0. The van der Waals surface area contributed by atoms with Crippen LogP contribution in [0.3, 0.4) is 0 Å². The highest BCUT2D eigenvalue weighted by molar-refractivity contribution is 5.61. The SMILES string of the molecule is CCCCCCC(/C=N/O)C(C)(O)CCC. The quantitative estimate of drug-likeness (QED) is 0.275. The molecule has 0 fully saturated rings. The molecule has 0 radical (unpaired) electrons. The van der Waals surface area contributed by atoms with Gasteiger partial charge in [-0.05, 0) is 19.8 Å². The summed E-state index contributed by atoms with van der Waals surface area (Å²) in [5.74, 6) is -0.0330. The molecule has 0 aliphatic carbocycles. The van der Waals surface area contributed by atoms with Crippen LogP contribution in [0.2, 0.25) is 0 Å². The van der Waals surface area contributed by atoms with Crippen LogP contribution in [0, 0.1) is 5.92 Å². The largest absolute Gasteiger partial charge is 0.411 e. The van der Waals surface area contributed by atoms with Gasteiger partial charge in [0.15, 0.2) is 0 Å². The van der Waals surface area contributed by atoms with Crippen molar-refractivity contribution >= 4 is 6.21 Å². The molecule has 0 saturated heterocycles. The molecule has 16 heavy (non-hydrogen) atoms. The van der Waals surface area contributed by atoms with E-state index in [0.29, 0.717) is 0 Å². The molecule has 3 heteroatoms. The maximum Gasteiger partial charge on any atom is 0.0698 e. The number of nitrogens with zero attached hydrogens (tertiary/aromatic N) is 1. The van der Waals surface area contributed by atoms with E-state index in [4.69, 9.17) is 5.21 Å². The Bertz CT molecular complexity index is 190. The normalized spacial score (nSPS) is 17.5. The van der Waals surface area contributed by atoms with E-state index >= 15 is 0 Å². The topological polar surface area (TPSA) is 52.8 Å². The fourth-order valence-electron chi connectivity index (χ4n) is 2.11. The van der Waals surface area contributed by atoms with Crippen molar-refractivity contribution < 1.29 is 10.3 Å². The molecule has 0 aromatic carbocycles. The lowest BCUT2D eigenvalue weighted by Gasteiger charge is -2.29. The molecule has 0 spiro atoms. The highest BCUT2D eigenvalue weighted by Crippen LogP contribution is 2.26. The van der Waals surface area contributed by atoms with Crippen molar-refractivity contribution in [2.24, 2.45) is 11.1 Å². The molecular weight excluding hydrogens is 202 g/mol. The summed E-state index contributed by atoms with van der Waals surface area (Å²) in [4.78, 5) is 0. The van der Waals surface area contributed by atoms with Gasteiger partial charge in [-0.25, -0.2) is 0 Å². The first-order chi connectivity index (χ1) is 7.58. The lowest BCUT2D eigenvalue weighted by atomic mass is 9.82. The summed E-state index contributed by atoms with van der Waals surface area (Å²) in [6.07, 6.45) is 8.80. The first-order valence-corrected chi connectivity index (χ1v) is 6.48. The van der Waals surface area contributed by atoms with Gasteiger partial charge in [-0.3, -0.25) is 0 Å². The fraction of sp³-hybridized carbons (Fsp3) is 0.923. The zero-order valence-corrected chi connectivity index (χ0v) is 10.9. The van der Waals surface area contributed by atoms with E-state index < -0.39 is 5.60 Å². The summed E-state index contributed by atoms with van der Waals surface area (Å²) in [5.41, 5.74) is -0.743. The number of unbranched alkanes of at least 4 members (excludes halogenated alkanes) is 3. The minimum Gasteiger partial charge on any atom is -0.411 e. The van der Waals surface area contributed by atoms with Gasteiger partial charge in [0.1, 0.15) is 0 Å². The third-order valence-electron chi connectivity index (χ3n) is 3.17. The Balaban J connectivity index is 4.15. The molecule has 0 amide bonds. The first-order valence-electron chi connectivity index (χ1n) is 6.48. The first kappa shape index (κ1) is 15.4. The van der Waals surface area contributed by atoms with Gasteiger partial charge >= 0.3 is 0 Å². The van der Waals surface area contributed by atoms with Gasteiger partial charge in [-0.2, -0.15) is 0 Å². The van der Waals surface area contributed by atoms with E-state index in [1.54, 1.807) is 0 Å². The molecule has 0 bridgehead atoms. The zero-order valence-electron chi connectivity index (χ0n) is 10.9. The highest BCUT2D eigenvalue weighted by Gasteiger charge is 2.29. The molecule has 2 atom stereocenters. The Morgan fingerprint density at radius 2 is 1.88 bits per heavy atom. The maximum atomic E-state index is 10.3. The van der Waals surface area contributed by atoms with Crippen LogP contribution in [0.15, 0.2) is 5.16 Å². The van der Waals surface area contributed by atoms with Gasteiger partial charge in [-0.1, -0.05) is 46.0 Å². The average Bonchev–Trinajstić information content (AvgIpc) is 2.22. The van der Waals surface area contributed by atoms with Crippen molar-refractivity contribution in [1.82, 2.24) is 0 Å². The van der Waals surface area contributed by atoms with Gasteiger partial charge in [0, 0.05) is 12.1 Å². The van der Waals surface area contributed by atoms with Crippen LogP contribution in [0.4, 0.5) is 0 Å². The van der Waals surface area contributed by atoms with E-state index in [9.17, 15) is 5.11 Å². The summed E-state index contributed by atoms with van der Waals surface area (Å²) in [6, 6.07) is 0. The van der Waals surface area contributed by atoms with Crippen molar-refractivity contribution in [2.45, 2.75) is 71.3 Å². The molecule has 0 saturated carbocycles. The van der Waals surface area contributed by atoms with E-state index in [1.165, 1.54) is 25.5 Å². The molecule has 0 heterocycles. The van der Waals surface area contributed by atoms with Gasteiger partial charge < -0.3 is 10.3 Å². The fourth-order valence-corrected chi connectivity index (χ4v) is 2.11. The van der Waals surface area contributed by atoms with Crippen molar-refractivity contribution in [2.75, 3.05) is 0 Å². The van der Waals surface area contributed by atoms with Crippen LogP contribution in [0.1, 0.15) is 65.7 Å². The van der Waals surface area contributed by atoms with Gasteiger partial charge in [0.05, 0.1) is 5.60 Å². The zero-order chi connectivity index (χ0) is 12.4. The predicted octanol–water partition coefficient (Wildman–Crippen LogP) is 3.58. The highest BCUT2D eigenvalue weighted by atomic mass is 16.4. The van der Waals surface area contributed by atoms with Crippen LogP contribution in [-0.2, 0) is 0 Å². The third kappa shape index (κ3) is 6.11. The maximum absolute atomic E-state index is 10.3. The summed E-state index contributed by atoms with van der Waals surface area (Å²) in [6.45, 7) is 6.07.